The second kappa shape index (κ2) is 7.07. The summed E-state index contributed by atoms with van der Waals surface area (Å²) in [6.45, 7) is 1.37. The lowest BCUT2D eigenvalue weighted by Crippen LogP contribution is -2.13. The first-order valence-electron chi connectivity index (χ1n) is 5.20. The van der Waals surface area contributed by atoms with Gasteiger partial charge in [-0.2, -0.15) is 0 Å². The van der Waals surface area contributed by atoms with Gasteiger partial charge in [0.25, 0.3) is 0 Å². The molecule has 98 valence electrons. The Labute approximate surface area is 114 Å². The van der Waals surface area contributed by atoms with Crippen LogP contribution >= 0.6 is 24.0 Å². The quantitative estimate of drug-likeness (QED) is 0.917. The van der Waals surface area contributed by atoms with Crippen LogP contribution < -0.4 is 0 Å². The summed E-state index contributed by atoms with van der Waals surface area (Å²) < 4.78 is 0. The molecule has 0 aliphatic carbocycles. The second-order valence-electron chi connectivity index (χ2n) is 4.55. The minimum absolute atomic E-state index is 0. The Morgan fingerprint density at radius 3 is 1.65 bits per heavy atom. The van der Waals surface area contributed by atoms with E-state index in [-0.39, 0.29) is 12.4 Å². The normalized spacial score (nSPS) is 10.8. The Balaban J connectivity index is 0.00000256. The molecule has 0 saturated carbocycles. The number of halogens is 2. The van der Waals surface area contributed by atoms with Crippen LogP contribution in [0.5, 0.6) is 5.75 Å². The molecule has 0 aliphatic heterocycles. The zero-order chi connectivity index (χ0) is 12.3. The highest BCUT2D eigenvalue weighted by molar-refractivity contribution is 6.30. The van der Waals surface area contributed by atoms with Crippen molar-refractivity contribution in [1.29, 1.82) is 0 Å². The summed E-state index contributed by atoms with van der Waals surface area (Å²) in [5.41, 5.74) is 1.74. The third-order valence-corrected chi connectivity index (χ3v) is 2.42. The summed E-state index contributed by atoms with van der Waals surface area (Å²) in [6, 6.07) is 3.63. The van der Waals surface area contributed by atoms with Crippen LogP contribution in [0.3, 0.4) is 0 Å². The minimum atomic E-state index is 0. The molecule has 0 aliphatic rings. The van der Waals surface area contributed by atoms with Crippen molar-refractivity contribution < 1.29 is 5.11 Å². The predicted octanol–water partition coefficient (Wildman–Crippen LogP) is 2.59. The number of nitrogens with zero attached hydrogens (tertiary/aromatic N) is 2. The molecule has 1 aromatic carbocycles. The number of hydrogen-bond donors (Lipinski definition) is 1. The van der Waals surface area contributed by atoms with E-state index in [1.54, 1.807) is 0 Å². The Hall–Kier alpha value is -0.480. The minimum Gasteiger partial charge on any atom is -0.507 e. The van der Waals surface area contributed by atoms with E-state index in [0.717, 1.165) is 11.1 Å². The van der Waals surface area contributed by atoms with Crippen molar-refractivity contribution in [3.8, 4) is 5.75 Å². The molecule has 0 heterocycles. The standard InChI is InChI=1S/C12H19ClN2O.ClH/c1-14(2)7-9-5-11(13)6-10(12(9)16)8-15(3)4;/h5-6,16H,7-8H2,1-4H3;1H. The van der Waals surface area contributed by atoms with Gasteiger partial charge in [0.05, 0.1) is 0 Å². The van der Waals surface area contributed by atoms with Crippen LogP contribution in [-0.4, -0.2) is 43.1 Å². The predicted molar refractivity (Wildman–Crippen MR) is 75.1 cm³/mol. The highest BCUT2D eigenvalue weighted by atomic mass is 35.5. The van der Waals surface area contributed by atoms with Gasteiger partial charge in [0.15, 0.2) is 0 Å². The Morgan fingerprint density at radius 2 is 1.35 bits per heavy atom. The van der Waals surface area contributed by atoms with Crippen LogP contribution in [0, 0.1) is 0 Å². The van der Waals surface area contributed by atoms with E-state index in [2.05, 4.69) is 0 Å². The zero-order valence-corrected chi connectivity index (χ0v) is 12.3. The number of benzene rings is 1. The molecule has 3 nitrogen and oxygen atoms in total. The van der Waals surface area contributed by atoms with E-state index >= 15 is 0 Å². The maximum Gasteiger partial charge on any atom is 0.124 e. The number of hydrogen-bond acceptors (Lipinski definition) is 3. The van der Waals surface area contributed by atoms with E-state index in [1.807, 2.05) is 50.1 Å². The SMILES string of the molecule is CN(C)Cc1cc(Cl)cc(CN(C)C)c1O.Cl. The highest BCUT2D eigenvalue weighted by Gasteiger charge is 2.10. The highest BCUT2D eigenvalue weighted by Crippen LogP contribution is 2.28. The molecule has 0 fully saturated rings. The molecule has 0 saturated heterocycles. The Kier molecular flexibility index (Phi) is 6.87. The van der Waals surface area contributed by atoms with Crippen molar-refractivity contribution in [2.45, 2.75) is 13.1 Å². The molecule has 0 radical (unpaired) electrons. The van der Waals surface area contributed by atoms with Crippen molar-refractivity contribution in [2.24, 2.45) is 0 Å². The van der Waals surface area contributed by atoms with Gasteiger partial charge >= 0.3 is 0 Å². The monoisotopic (exact) mass is 278 g/mol. The van der Waals surface area contributed by atoms with Crippen LogP contribution in [-0.2, 0) is 13.1 Å². The molecule has 0 spiro atoms. The van der Waals surface area contributed by atoms with Gasteiger partial charge in [0, 0.05) is 29.2 Å². The van der Waals surface area contributed by atoms with Gasteiger partial charge in [0.2, 0.25) is 0 Å². The summed E-state index contributed by atoms with van der Waals surface area (Å²) in [5.74, 6) is 0.354. The molecule has 0 atom stereocenters. The van der Waals surface area contributed by atoms with Crippen molar-refractivity contribution in [3.05, 3.63) is 28.3 Å². The summed E-state index contributed by atoms with van der Waals surface area (Å²) in [6.07, 6.45) is 0. The lowest BCUT2D eigenvalue weighted by atomic mass is 10.1. The molecular weight excluding hydrogens is 259 g/mol. The smallest absolute Gasteiger partial charge is 0.124 e. The lowest BCUT2D eigenvalue weighted by Gasteiger charge is -2.16. The second-order valence-corrected chi connectivity index (χ2v) is 4.98. The first kappa shape index (κ1) is 16.5. The van der Waals surface area contributed by atoms with Crippen molar-refractivity contribution >= 4 is 24.0 Å². The fourth-order valence-electron chi connectivity index (χ4n) is 1.64. The van der Waals surface area contributed by atoms with E-state index in [9.17, 15) is 5.11 Å². The van der Waals surface area contributed by atoms with E-state index < -0.39 is 0 Å². The molecule has 0 aromatic heterocycles. The van der Waals surface area contributed by atoms with Crippen LogP contribution in [0.2, 0.25) is 5.02 Å². The third kappa shape index (κ3) is 5.13. The zero-order valence-electron chi connectivity index (χ0n) is 10.7. The average molecular weight is 279 g/mol. The number of phenols is 1. The maximum absolute atomic E-state index is 10.1. The van der Waals surface area contributed by atoms with Gasteiger partial charge < -0.3 is 14.9 Å². The molecule has 0 amide bonds. The Bertz CT molecular complexity index is 337. The van der Waals surface area contributed by atoms with Crippen molar-refractivity contribution in [3.63, 3.8) is 0 Å². The fourth-order valence-corrected chi connectivity index (χ4v) is 1.90. The van der Waals surface area contributed by atoms with Gasteiger partial charge in [-0.25, -0.2) is 0 Å². The van der Waals surface area contributed by atoms with Gasteiger partial charge in [-0.15, -0.1) is 12.4 Å². The molecule has 17 heavy (non-hydrogen) atoms. The molecule has 5 heteroatoms. The topological polar surface area (TPSA) is 26.7 Å². The van der Waals surface area contributed by atoms with Crippen LogP contribution in [0.15, 0.2) is 12.1 Å². The molecule has 1 N–H and O–H groups in total. The Morgan fingerprint density at radius 1 is 1.00 bits per heavy atom. The summed E-state index contributed by atoms with van der Waals surface area (Å²) in [4.78, 5) is 4.01. The van der Waals surface area contributed by atoms with Crippen LogP contribution in [0.4, 0.5) is 0 Å². The molecule has 0 bridgehead atoms. The number of aromatic hydroxyl groups is 1. The molecule has 1 rings (SSSR count). The van der Waals surface area contributed by atoms with Crippen molar-refractivity contribution in [1.82, 2.24) is 9.80 Å². The van der Waals surface area contributed by atoms with Gasteiger partial charge in [-0.1, -0.05) is 11.6 Å². The average Bonchev–Trinajstić information content (AvgIpc) is 2.11. The summed E-state index contributed by atoms with van der Waals surface area (Å²) in [5, 5.41) is 10.8. The molecule has 1 aromatic rings. The lowest BCUT2D eigenvalue weighted by molar-refractivity contribution is 0.368. The first-order chi connectivity index (χ1) is 7.40. The number of phenolic OH excluding ortho intramolecular Hbond substituents is 1. The van der Waals surface area contributed by atoms with Gasteiger partial charge in [0.1, 0.15) is 5.75 Å². The maximum atomic E-state index is 10.1. The third-order valence-electron chi connectivity index (χ3n) is 2.21. The fraction of sp³-hybridized carbons (Fsp3) is 0.500. The van der Waals surface area contributed by atoms with E-state index in [0.29, 0.717) is 23.9 Å². The number of rotatable bonds is 4. The van der Waals surface area contributed by atoms with E-state index in [4.69, 9.17) is 11.6 Å². The van der Waals surface area contributed by atoms with Crippen molar-refractivity contribution in [2.75, 3.05) is 28.2 Å². The first-order valence-corrected chi connectivity index (χ1v) is 5.57. The van der Waals surface area contributed by atoms with Crippen LogP contribution in [0.1, 0.15) is 11.1 Å². The largest absolute Gasteiger partial charge is 0.507 e. The van der Waals surface area contributed by atoms with Gasteiger partial charge in [-0.3, -0.25) is 0 Å². The van der Waals surface area contributed by atoms with Gasteiger partial charge in [-0.05, 0) is 40.3 Å². The summed E-state index contributed by atoms with van der Waals surface area (Å²) >= 11 is 6.04. The van der Waals surface area contributed by atoms with E-state index in [1.165, 1.54) is 0 Å². The van der Waals surface area contributed by atoms with Crippen LogP contribution in [0.25, 0.3) is 0 Å². The molecule has 0 unspecified atom stereocenters. The molecular formula is C12H20Cl2N2O. The summed E-state index contributed by atoms with van der Waals surface area (Å²) in [7, 11) is 7.86.